The van der Waals surface area contributed by atoms with Crippen molar-refractivity contribution in [2.24, 2.45) is 0 Å². The zero-order valence-electron chi connectivity index (χ0n) is 10.8. The van der Waals surface area contributed by atoms with E-state index >= 15 is 0 Å². The Morgan fingerprint density at radius 3 is 2.39 bits per heavy atom. The lowest BCUT2D eigenvalue weighted by Crippen LogP contribution is -2.00. The van der Waals surface area contributed by atoms with E-state index in [0.717, 1.165) is 22.4 Å². The number of rotatable bonds is 4. The number of hydrogen-bond donors (Lipinski definition) is 1. The molecule has 0 saturated heterocycles. The van der Waals surface area contributed by atoms with E-state index in [-0.39, 0.29) is 0 Å². The minimum atomic E-state index is -0.583. The van der Waals surface area contributed by atoms with Crippen LogP contribution in [0.15, 0.2) is 48.5 Å². The van der Waals surface area contributed by atoms with Crippen molar-refractivity contribution in [3.8, 4) is 5.75 Å². The van der Waals surface area contributed by atoms with Gasteiger partial charge in [-0.05, 0) is 37.1 Å². The highest BCUT2D eigenvalue weighted by Gasteiger charge is 2.10. The summed E-state index contributed by atoms with van der Waals surface area (Å²) in [6, 6.07) is 15.5. The van der Waals surface area contributed by atoms with Gasteiger partial charge in [0.2, 0.25) is 0 Å². The molecule has 0 amide bonds. The summed E-state index contributed by atoms with van der Waals surface area (Å²) < 4.78 is 5.38. The Balaban J connectivity index is 2.20. The second-order valence-corrected chi connectivity index (χ2v) is 4.32. The normalized spacial score (nSPS) is 12.2. The Morgan fingerprint density at radius 1 is 1.06 bits per heavy atom. The van der Waals surface area contributed by atoms with E-state index in [1.165, 1.54) is 0 Å². The van der Waals surface area contributed by atoms with Crippen LogP contribution in [0.3, 0.4) is 0 Å². The SMILES string of the molecule is CCOc1ccc([C@H](O)c2cccc(C)c2)cc1. The molecular weight excluding hydrogens is 224 g/mol. The third kappa shape index (κ3) is 2.90. The largest absolute Gasteiger partial charge is 0.494 e. The van der Waals surface area contributed by atoms with Crippen LogP contribution in [0.25, 0.3) is 0 Å². The number of aliphatic hydroxyl groups excluding tert-OH is 1. The summed E-state index contributed by atoms with van der Waals surface area (Å²) in [7, 11) is 0. The number of hydrogen-bond acceptors (Lipinski definition) is 2. The molecule has 0 saturated carbocycles. The van der Waals surface area contributed by atoms with Gasteiger partial charge in [-0.25, -0.2) is 0 Å². The van der Waals surface area contributed by atoms with Gasteiger partial charge >= 0.3 is 0 Å². The van der Waals surface area contributed by atoms with Gasteiger partial charge < -0.3 is 9.84 Å². The topological polar surface area (TPSA) is 29.5 Å². The van der Waals surface area contributed by atoms with Gasteiger partial charge in [-0.15, -0.1) is 0 Å². The van der Waals surface area contributed by atoms with E-state index in [0.29, 0.717) is 6.61 Å². The van der Waals surface area contributed by atoms with Crippen molar-refractivity contribution in [2.45, 2.75) is 20.0 Å². The summed E-state index contributed by atoms with van der Waals surface area (Å²) in [5, 5.41) is 10.3. The number of aryl methyl sites for hydroxylation is 1. The third-order valence-electron chi connectivity index (χ3n) is 2.86. The van der Waals surface area contributed by atoms with E-state index in [1.54, 1.807) is 0 Å². The van der Waals surface area contributed by atoms with E-state index in [4.69, 9.17) is 4.74 Å². The molecule has 2 nitrogen and oxygen atoms in total. The highest BCUT2D eigenvalue weighted by Crippen LogP contribution is 2.24. The molecule has 1 atom stereocenters. The van der Waals surface area contributed by atoms with Crippen LogP contribution in [0.1, 0.15) is 29.7 Å². The van der Waals surface area contributed by atoms with Crippen molar-refractivity contribution in [2.75, 3.05) is 6.61 Å². The molecule has 0 spiro atoms. The van der Waals surface area contributed by atoms with E-state index in [1.807, 2.05) is 62.4 Å². The first-order valence-electron chi connectivity index (χ1n) is 6.18. The van der Waals surface area contributed by atoms with Crippen LogP contribution in [-0.4, -0.2) is 11.7 Å². The fourth-order valence-electron chi connectivity index (χ4n) is 1.95. The molecule has 1 N–H and O–H groups in total. The minimum Gasteiger partial charge on any atom is -0.494 e. The van der Waals surface area contributed by atoms with Gasteiger partial charge in [-0.2, -0.15) is 0 Å². The molecule has 0 bridgehead atoms. The van der Waals surface area contributed by atoms with Crippen LogP contribution >= 0.6 is 0 Å². The molecule has 2 heteroatoms. The molecule has 0 unspecified atom stereocenters. The van der Waals surface area contributed by atoms with Crippen LogP contribution < -0.4 is 4.74 Å². The van der Waals surface area contributed by atoms with Crippen LogP contribution in [0.4, 0.5) is 0 Å². The predicted octanol–water partition coefficient (Wildman–Crippen LogP) is 3.48. The molecule has 0 heterocycles. The second kappa shape index (κ2) is 5.69. The number of aliphatic hydroxyl groups is 1. The number of ether oxygens (including phenoxy) is 1. The van der Waals surface area contributed by atoms with Gasteiger partial charge in [0.05, 0.1) is 6.61 Å². The summed E-state index contributed by atoms with van der Waals surface area (Å²) >= 11 is 0. The summed E-state index contributed by atoms with van der Waals surface area (Å²) in [4.78, 5) is 0. The predicted molar refractivity (Wildman–Crippen MR) is 72.9 cm³/mol. The lowest BCUT2D eigenvalue weighted by molar-refractivity contribution is 0.220. The van der Waals surface area contributed by atoms with Crippen molar-refractivity contribution in [3.05, 3.63) is 65.2 Å². The molecular formula is C16H18O2. The van der Waals surface area contributed by atoms with E-state index in [9.17, 15) is 5.11 Å². The van der Waals surface area contributed by atoms with Crippen LogP contribution in [0.5, 0.6) is 5.75 Å². The maximum atomic E-state index is 10.3. The Bertz CT molecular complexity index is 503. The quantitative estimate of drug-likeness (QED) is 0.889. The lowest BCUT2D eigenvalue weighted by Gasteiger charge is -2.13. The molecule has 0 aromatic heterocycles. The first-order valence-corrected chi connectivity index (χ1v) is 6.18. The maximum Gasteiger partial charge on any atom is 0.119 e. The molecule has 0 aliphatic rings. The monoisotopic (exact) mass is 242 g/mol. The zero-order chi connectivity index (χ0) is 13.0. The highest BCUT2D eigenvalue weighted by molar-refractivity contribution is 5.35. The van der Waals surface area contributed by atoms with Crippen LogP contribution in [0, 0.1) is 6.92 Å². The van der Waals surface area contributed by atoms with Crippen molar-refractivity contribution >= 4 is 0 Å². The van der Waals surface area contributed by atoms with Crippen LogP contribution in [-0.2, 0) is 0 Å². The van der Waals surface area contributed by atoms with Gasteiger partial charge in [0.15, 0.2) is 0 Å². The van der Waals surface area contributed by atoms with Crippen molar-refractivity contribution in [3.63, 3.8) is 0 Å². The van der Waals surface area contributed by atoms with E-state index in [2.05, 4.69) is 0 Å². The Labute approximate surface area is 108 Å². The summed E-state index contributed by atoms with van der Waals surface area (Å²) in [5.41, 5.74) is 2.95. The van der Waals surface area contributed by atoms with Crippen molar-refractivity contribution < 1.29 is 9.84 Å². The molecule has 0 radical (unpaired) electrons. The minimum absolute atomic E-state index is 0.583. The standard InChI is InChI=1S/C16H18O2/c1-3-18-15-9-7-13(8-10-15)16(17)14-6-4-5-12(2)11-14/h4-11,16-17H,3H2,1-2H3/t16-/m0/s1. The fourth-order valence-corrected chi connectivity index (χ4v) is 1.95. The lowest BCUT2D eigenvalue weighted by atomic mass is 10.00. The second-order valence-electron chi connectivity index (χ2n) is 4.32. The molecule has 2 aromatic rings. The molecule has 0 aliphatic carbocycles. The molecule has 94 valence electrons. The molecule has 2 aromatic carbocycles. The highest BCUT2D eigenvalue weighted by atomic mass is 16.5. The maximum absolute atomic E-state index is 10.3. The molecule has 0 aliphatic heterocycles. The van der Waals surface area contributed by atoms with Gasteiger partial charge in [-0.1, -0.05) is 42.0 Å². The summed E-state index contributed by atoms with van der Waals surface area (Å²) in [5.74, 6) is 0.831. The molecule has 0 fully saturated rings. The van der Waals surface area contributed by atoms with Gasteiger partial charge in [-0.3, -0.25) is 0 Å². The van der Waals surface area contributed by atoms with Crippen molar-refractivity contribution in [1.29, 1.82) is 0 Å². The Morgan fingerprint density at radius 2 is 1.78 bits per heavy atom. The van der Waals surface area contributed by atoms with Gasteiger partial charge in [0.25, 0.3) is 0 Å². The zero-order valence-corrected chi connectivity index (χ0v) is 10.8. The Hall–Kier alpha value is -1.80. The first kappa shape index (κ1) is 12.7. The molecule has 2 rings (SSSR count). The fraction of sp³-hybridized carbons (Fsp3) is 0.250. The third-order valence-corrected chi connectivity index (χ3v) is 2.86. The van der Waals surface area contributed by atoms with Crippen LogP contribution in [0.2, 0.25) is 0 Å². The molecule has 18 heavy (non-hydrogen) atoms. The summed E-state index contributed by atoms with van der Waals surface area (Å²) in [6.45, 7) is 4.63. The van der Waals surface area contributed by atoms with Crippen molar-refractivity contribution in [1.82, 2.24) is 0 Å². The smallest absolute Gasteiger partial charge is 0.119 e. The Kier molecular flexibility index (Phi) is 4.00. The average Bonchev–Trinajstić information content (AvgIpc) is 2.39. The summed E-state index contributed by atoms with van der Waals surface area (Å²) in [6.07, 6.45) is -0.583. The average molecular weight is 242 g/mol. The van der Waals surface area contributed by atoms with E-state index < -0.39 is 6.10 Å². The first-order chi connectivity index (χ1) is 8.70. The van der Waals surface area contributed by atoms with Gasteiger partial charge in [0, 0.05) is 0 Å². The number of benzene rings is 2. The van der Waals surface area contributed by atoms with Gasteiger partial charge in [0.1, 0.15) is 11.9 Å².